The molecule has 23 heavy (non-hydrogen) atoms. The Balaban J connectivity index is 1.90. The molecule has 0 saturated heterocycles. The zero-order valence-corrected chi connectivity index (χ0v) is 13.4. The molecule has 2 amide bonds. The smallest absolute Gasteiger partial charge is 0.319 e. The summed E-state index contributed by atoms with van der Waals surface area (Å²) in [6.07, 6.45) is 0.0720. The minimum absolute atomic E-state index is 0.0969. The van der Waals surface area contributed by atoms with E-state index in [1.807, 2.05) is 36.4 Å². The predicted octanol–water partition coefficient (Wildman–Crippen LogP) is 3.11. The number of hydrogen-bond donors (Lipinski definition) is 3. The number of urea groups is 1. The minimum Gasteiger partial charge on any atom is -0.496 e. The molecule has 0 radical (unpaired) electrons. The summed E-state index contributed by atoms with van der Waals surface area (Å²) < 4.78 is 5.21. The third kappa shape index (κ3) is 4.72. The molecule has 0 aliphatic heterocycles. The fourth-order valence-electron chi connectivity index (χ4n) is 2.29. The number of carbonyl (C=O) groups excluding carboxylic acids is 1. The van der Waals surface area contributed by atoms with Crippen molar-refractivity contribution < 1.29 is 14.6 Å². The molecule has 0 saturated carbocycles. The number of para-hydroxylation sites is 1. The molecule has 0 heterocycles. The Bertz CT molecular complexity index is 658. The Kier molecular flexibility index (Phi) is 6.00. The lowest BCUT2D eigenvalue weighted by Gasteiger charge is -2.15. The van der Waals surface area contributed by atoms with Crippen molar-refractivity contribution in [2.75, 3.05) is 19.0 Å². The fourth-order valence-corrected chi connectivity index (χ4v) is 2.29. The molecule has 0 bridgehead atoms. The first-order chi connectivity index (χ1) is 11.1. The van der Waals surface area contributed by atoms with Gasteiger partial charge in [-0.25, -0.2) is 4.79 Å². The van der Waals surface area contributed by atoms with Crippen molar-refractivity contribution in [1.29, 1.82) is 0 Å². The van der Waals surface area contributed by atoms with Crippen molar-refractivity contribution in [1.82, 2.24) is 5.32 Å². The van der Waals surface area contributed by atoms with Crippen LogP contribution in [0.15, 0.2) is 48.5 Å². The molecule has 2 aromatic rings. The molecule has 2 rings (SSSR count). The number of aryl methyl sites for hydroxylation is 1. The van der Waals surface area contributed by atoms with E-state index in [2.05, 4.69) is 17.6 Å². The van der Waals surface area contributed by atoms with Gasteiger partial charge in [0.15, 0.2) is 0 Å². The number of methoxy groups -OCH3 is 1. The Labute approximate surface area is 136 Å². The van der Waals surface area contributed by atoms with Crippen molar-refractivity contribution in [2.24, 2.45) is 0 Å². The molecule has 5 heteroatoms. The highest BCUT2D eigenvalue weighted by Gasteiger charge is 2.13. The monoisotopic (exact) mass is 314 g/mol. The van der Waals surface area contributed by atoms with Crippen LogP contribution in [0.2, 0.25) is 0 Å². The van der Waals surface area contributed by atoms with Crippen LogP contribution in [0.4, 0.5) is 10.5 Å². The van der Waals surface area contributed by atoms with Crippen LogP contribution >= 0.6 is 0 Å². The van der Waals surface area contributed by atoms with Gasteiger partial charge in [0, 0.05) is 17.8 Å². The Morgan fingerprint density at radius 3 is 2.74 bits per heavy atom. The second-order valence-corrected chi connectivity index (χ2v) is 5.15. The number of benzene rings is 2. The maximum absolute atomic E-state index is 11.9. The number of anilines is 1. The maximum Gasteiger partial charge on any atom is 0.319 e. The van der Waals surface area contributed by atoms with Crippen LogP contribution in [0.25, 0.3) is 0 Å². The molecular formula is C18H22N2O3. The van der Waals surface area contributed by atoms with Crippen molar-refractivity contribution in [3.05, 3.63) is 59.7 Å². The molecule has 3 N–H and O–H groups in total. The molecule has 5 nitrogen and oxygen atoms in total. The highest BCUT2D eigenvalue weighted by molar-refractivity contribution is 5.89. The quantitative estimate of drug-likeness (QED) is 0.767. The lowest BCUT2D eigenvalue weighted by Crippen LogP contribution is -2.32. The number of ether oxygens (including phenoxy) is 1. The third-order valence-electron chi connectivity index (χ3n) is 3.55. The number of aliphatic hydroxyl groups excluding tert-OH is 1. The van der Waals surface area contributed by atoms with Gasteiger partial charge in [-0.05, 0) is 30.2 Å². The SMILES string of the molecule is CCc1cccc(NC(=O)NC[C@@H](O)c2ccccc2OC)c1. The molecule has 0 fully saturated rings. The molecule has 0 spiro atoms. The van der Waals surface area contributed by atoms with Crippen LogP contribution in [-0.2, 0) is 6.42 Å². The van der Waals surface area contributed by atoms with Gasteiger partial charge in [0.1, 0.15) is 5.75 Å². The highest BCUT2D eigenvalue weighted by Crippen LogP contribution is 2.24. The summed E-state index contributed by atoms with van der Waals surface area (Å²) in [5.74, 6) is 0.595. The van der Waals surface area contributed by atoms with E-state index < -0.39 is 6.10 Å². The topological polar surface area (TPSA) is 70.6 Å². The van der Waals surface area contributed by atoms with E-state index in [1.165, 1.54) is 0 Å². The van der Waals surface area contributed by atoms with Gasteiger partial charge in [-0.15, -0.1) is 0 Å². The molecule has 0 unspecified atom stereocenters. The summed E-state index contributed by atoms with van der Waals surface area (Å²) >= 11 is 0. The van der Waals surface area contributed by atoms with Gasteiger partial charge in [0.05, 0.1) is 13.2 Å². The maximum atomic E-state index is 11.9. The molecular weight excluding hydrogens is 292 g/mol. The number of rotatable bonds is 6. The van der Waals surface area contributed by atoms with Crippen LogP contribution in [0.5, 0.6) is 5.75 Å². The van der Waals surface area contributed by atoms with Crippen LogP contribution < -0.4 is 15.4 Å². The van der Waals surface area contributed by atoms with E-state index in [-0.39, 0.29) is 12.6 Å². The van der Waals surface area contributed by atoms with Crippen LogP contribution in [0.3, 0.4) is 0 Å². The zero-order chi connectivity index (χ0) is 16.7. The summed E-state index contributed by atoms with van der Waals surface area (Å²) in [5.41, 5.74) is 2.52. The lowest BCUT2D eigenvalue weighted by molar-refractivity contribution is 0.171. The average molecular weight is 314 g/mol. The normalized spacial score (nSPS) is 11.6. The second kappa shape index (κ2) is 8.19. The first-order valence-corrected chi connectivity index (χ1v) is 7.58. The number of hydrogen-bond acceptors (Lipinski definition) is 3. The number of aliphatic hydroxyl groups is 1. The Hall–Kier alpha value is -2.53. The van der Waals surface area contributed by atoms with Gasteiger partial charge in [-0.2, -0.15) is 0 Å². The summed E-state index contributed by atoms with van der Waals surface area (Å²) in [7, 11) is 1.55. The summed E-state index contributed by atoms with van der Waals surface area (Å²) in [4.78, 5) is 11.9. The standard InChI is InChI=1S/C18H22N2O3/c1-3-13-7-6-8-14(11-13)20-18(22)19-12-16(21)15-9-4-5-10-17(15)23-2/h4-11,16,21H,3,12H2,1-2H3,(H2,19,20,22)/t16-/m1/s1. The van der Waals surface area contributed by atoms with Gasteiger partial charge in [-0.1, -0.05) is 37.3 Å². The Morgan fingerprint density at radius 1 is 1.22 bits per heavy atom. The van der Waals surface area contributed by atoms with Gasteiger partial charge in [0.25, 0.3) is 0 Å². The van der Waals surface area contributed by atoms with Crippen molar-refractivity contribution in [3.63, 3.8) is 0 Å². The summed E-state index contributed by atoms with van der Waals surface area (Å²) in [6.45, 7) is 2.16. The van der Waals surface area contributed by atoms with E-state index in [4.69, 9.17) is 4.74 Å². The van der Waals surface area contributed by atoms with E-state index in [1.54, 1.807) is 19.2 Å². The molecule has 2 aromatic carbocycles. The van der Waals surface area contributed by atoms with Gasteiger partial charge in [0.2, 0.25) is 0 Å². The summed E-state index contributed by atoms with van der Waals surface area (Å²) in [6, 6.07) is 14.5. The molecule has 0 aromatic heterocycles. The molecule has 122 valence electrons. The van der Waals surface area contributed by atoms with Gasteiger partial charge in [-0.3, -0.25) is 0 Å². The van der Waals surface area contributed by atoms with Crippen LogP contribution in [-0.4, -0.2) is 24.8 Å². The second-order valence-electron chi connectivity index (χ2n) is 5.15. The highest BCUT2D eigenvalue weighted by atomic mass is 16.5. The number of nitrogens with one attached hydrogen (secondary N) is 2. The van der Waals surface area contributed by atoms with Crippen molar-refractivity contribution >= 4 is 11.7 Å². The zero-order valence-electron chi connectivity index (χ0n) is 13.4. The van der Waals surface area contributed by atoms with Crippen LogP contribution in [0, 0.1) is 0 Å². The van der Waals surface area contributed by atoms with E-state index in [9.17, 15) is 9.90 Å². The van der Waals surface area contributed by atoms with E-state index >= 15 is 0 Å². The molecule has 1 atom stereocenters. The fraction of sp³-hybridized carbons (Fsp3) is 0.278. The van der Waals surface area contributed by atoms with Crippen molar-refractivity contribution in [2.45, 2.75) is 19.4 Å². The van der Waals surface area contributed by atoms with Gasteiger partial charge >= 0.3 is 6.03 Å². The number of amides is 2. The third-order valence-corrected chi connectivity index (χ3v) is 3.55. The minimum atomic E-state index is -0.834. The first-order valence-electron chi connectivity index (χ1n) is 7.58. The van der Waals surface area contributed by atoms with E-state index in [0.29, 0.717) is 11.3 Å². The molecule has 0 aliphatic carbocycles. The predicted molar refractivity (Wildman–Crippen MR) is 90.8 cm³/mol. The average Bonchev–Trinajstić information content (AvgIpc) is 2.59. The van der Waals surface area contributed by atoms with Crippen LogP contribution in [0.1, 0.15) is 24.2 Å². The number of carbonyl (C=O) groups is 1. The van der Waals surface area contributed by atoms with E-state index in [0.717, 1.165) is 17.7 Å². The Morgan fingerprint density at radius 2 is 2.00 bits per heavy atom. The van der Waals surface area contributed by atoms with Crippen molar-refractivity contribution in [3.8, 4) is 5.75 Å². The van der Waals surface area contributed by atoms with Gasteiger partial charge < -0.3 is 20.5 Å². The lowest BCUT2D eigenvalue weighted by atomic mass is 10.1. The largest absolute Gasteiger partial charge is 0.496 e. The summed E-state index contributed by atoms with van der Waals surface area (Å²) in [5, 5.41) is 15.6. The first kappa shape index (κ1) is 16.8. The molecule has 0 aliphatic rings.